The van der Waals surface area contributed by atoms with Crippen LogP contribution in [0.2, 0.25) is 0 Å². The average Bonchev–Trinajstić information content (AvgIpc) is 3.54. The fourth-order valence-corrected chi connectivity index (χ4v) is 5.75. The van der Waals surface area contributed by atoms with Gasteiger partial charge in [0.25, 0.3) is 15.9 Å². The summed E-state index contributed by atoms with van der Waals surface area (Å²) in [5, 5.41) is 8.89. The van der Waals surface area contributed by atoms with Crippen molar-refractivity contribution < 1.29 is 41.4 Å². The van der Waals surface area contributed by atoms with Crippen LogP contribution in [-0.4, -0.2) is 60.2 Å². The molecule has 14 nitrogen and oxygen atoms in total. The van der Waals surface area contributed by atoms with Crippen molar-refractivity contribution in [3.05, 3.63) is 95.4 Å². The van der Waals surface area contributed by atoms with Crippen molar-refractivity contribution in [3.8, 4) is 17.2 Å². The molecular weight excluding hydrogens is 642 g/mol. The molecule has 15 heteroatoms. The molecule has 0 spiro atoms. The molecule has 1 aromatic heterocycles. The molecule has 3 amide bonds. The van der Waals surface area contributed by atoms with Gasteiger partial charge in [-0.15, -0.1) is 0 Å². The number of benzene rings is 3. The van der Waals surface area contributed by atoms with E-state index < -0.39 is 34.3 Å². The molecular formula is C33H35N5O9S. The van der Waals surface area contributed by atoms with Gasteiger partial charge >= 0.3 is 11.8 Å². The van der Waals surface area contributed by atoms with E-state index in [1.807, 2.05) is 19.9 Å². The van der Waals surface area contributed by atoms with Gasteiger partial charge in [0.1, 0.15) is 23.8 Å². The maximum atomic E-state index is 13.8. The minimum absolute atomic E-state index is 0.0792. The van der Waals surface area contributed by atoms with Crippen LogP contribution in [0.4, 0.5) is 11.4 Å². The predicted octanol–water partition coefficient (Wildman–Crippen LogP) is 3.52. The molecule has 48 heavy (non-hydrogen) atoms. The summed E-state index contributed by atoms with van der Waals surface area (Å²) < 4.78 is 49.7. The average molecular weight is 678 g/mol. The number of hydrazone groups is 1. The van der Waals surface area contributed by atoms with E-state index in [-0.39, 0.29) is 28.6 Å². The van der Waals surface area contributed by atoms with Crippen LogP contribution in [0.1, 0.15) is 22.6 Å². The van der Waals surface area contributed by atoms with Crippen molar-refractivity contribution in [1.29, 1.82) is 0 Å². The van der Waals surface area contributed by atoms with Crippen LogP contribution in [0.15, 0.2) is 87.2 Å². The van der Waals surface area contributed by atoms with Crippen LogP contribution in [0, 0.1) is 13.8 Å². The van der Waals surface area contributed by atoms with Gasteiger partial charge in [0.05, 0.1) is 44.7 Å². The standard InChI is InChI=1S/C33H35N5O9S/c1-21-6-7-23(16-22(21)2)36-33(41)32(40)34-18-26-12-13-27(47-26)19-35-37-31(39)20-38(24-8-10-25(44-3)11-9-24)48(42,43)28-14-15-29(45-4)30(17-28)46-5/h6-17,19H,18,20H2,1-5H3,(H,34,40)(H,36,41)(H,37,39)/b35-19-. The Morgan fingerprint density at radius 3 is 2.23 bits per heavy atom. The summed E-state index contributed by atoms with van der Waals surface area (Å²) in [4.78, 5) is 37.3. The van der Waals surface area contributed by atoms with Crippen LogP contribution in [-0.2, 0) is 31.0 Å². The fourth-order valence-electron chi connectivity index (χ4n) is 4.32. The number of methoxy groups -OCH3 is 3. The maximum Gasteiger partial charge on any atom is 0.313 e. The minimum Gasteiger partial charge on any atom is -0.497 e. The first-order valence-corrected chi connectivity index (χ1v) is 15.8. The van der Waals surface area contributed by atoms with Gasteiger partial charge in [-0.2, -0.15) is 5.10 Å². The van der Waals surface area contributed by atoms with E-state index in [1.54, 1.807) is 30.3 Å². The van der Waals surface area contributed by atoms with Crippen molar-refractivity contribution in [2.45, 2.75) is 25.3 Å². The lowest BCUT2D eigenvalue weighted by Gasteiger charge is -2.24. The molecule has 0 bridgehead atoms. The molecule has 252 valence electrons. The van der Waals surface area contributed by atoms with Crippen molar-refractivity contribution in [1.82, 2.24) is 10.7 Å². The topological polar surface area (TPSA) is 178 Å². The van der Waals surface area contributed by atoms with Gasteiger partial charge in [-0.25, -0.2) is 13.8 Å². The first-order chi connectivity index (χ1) is 22.9. The summed E-state index contributed by atoms with van der Waals surface area (Å²) in [5.41, 5.74) is 5.03. The second kappa shape index (κ2) is 15.6. The highest BCUT2D eigenvalue weighted by molar-refractivity contribution is 7.92. The molecule has 1 heterocycles. The van der Waals surface area contributed by atoms with Crippen molar-refractivity contribution in [2.24, 2.45) is 5.10 Å². The smallest absolute Gasteiger partial charge is 0.313 e. The minimum atomic E-state index is -4.28. The summed E-state index contributed by atoms with van der Waals surface area (Å²) in [7, 11) is 0.00562. The van der Waals surface area contributed by atoms with Gasteiger partial charge in [0, 0.05) is 11.8 Å². The van der Waals surface area contributed by atoms with Crippen LogP contribution in [0.3, 0.4) is 0 Å². The Morgan fingerprint density at radius 1 is 0.833 bits per heavy atom. The highest BCUT2D eigenvalue weighted by Crippen LogP contribution is 2.32. The van der Waals surface area contributed by atoms with E-state index in [2.05, 4.69) is 21.2 Å². The highest BCUT2D eigenvalue weighted by Gasteiger charge is 2.28. The van der Waals surface area contributed by atoms with E-state index in [1.165, 1.54) is 63.9 Å². The van der Waals surface area contributed by atoms with Crippen molar-refractivity contribution in [3.63, 3.8) is 0 Å². The molecule has 4 aromatic rings. The van der Waals surface area contributed by atoms with Crippen LogP contribution in [0.5, 0.6) is 17.2 Å². The van der Waals surface area contributed by atoms with Gasteiger partial charge in [-0.3, -0.25) is 18.7 Å². The number of nitrogens with zero attached hydrogens (tertiary/aromatic N) is 2. The van der Waals surface area contributed by atoms with E-state index in [4.69, 9.17) is 18.6 Å². The summed E-state index contributed by atoms with van der Waals surface area (Å²) >= 11 is 0. The maximum absolute atomic E-state index is 13.8. The number of sulfonamides is 1. The number of hydrogen-bond acceptors (Lipinski definition) is 10. The summed E-state index contributed by atoms with van der Waals surface area (Å²) in [6, 6.07) is 18.7. The molecule has 0 unspecified atom stereocenters. The van der Waals surface area contributed by atoms with Crippen molar-refractivity contribution >= 4 is 45.3 Å². The zero-order valence-corrected chi connectivity index (χ0v) is 27.7. The Hall–Kier alpha value is -5.83. The second-order valence-corrected chi connectivity index (χ2v) is 12.1. The van der Waals surface area contributed by atoms with Crippen LogP contribution < -0.4 is 34.6 Å². The molecule has 3 N–H and O–H groups in total. The fraction of sp³-hybridized carbons (Fsp3) is 0.212. The number of carbonyl (C=O) groups excluding carboxylic acids is 3. The normalized spacial score (nSPS) is 11.1. The van der Waals surface area contributed by atoms with Gasteiger partial charge in [-0.05, 0) is 85.6 Å². The lowest BCUT2D eigenvalue weighted by molar-refractivity contribution is -0.136. The van der Waals surface area contributed by atoms with E-state index in [0.717, 1.165) is 15.4 Å². The first-order valence-electron chi connectivity index (χ1n) is 14.4. The third kappa shape index (κ3) is 8.70. The molecule has 0 aliphatic rings. The molecule has 0 fully saturated rings. The van der Waals surface area contributed by atoms with Gasteiger partial charge < -0.3 is 29.3 Å². The molecule has 0 saturated heterocycles. The number of amides is 3. The first kappa shape index (κ1) is 35.0. The lowest BCUT2D eigenvalue weighted by Crippen LogP contribution is -2.39. The van der Waals surface area contributed by atoms with E-state index in [0.29, 0.717) is 22.9 Å². The molecule has 4 rings (SSSR count). The lowest BCUT2D eigenvalue weighted by atomic mass is 10.1. The van der Waals surface area contributed by atoms with Crippen LogP contribution >= 0.6 is 0 Å². The summed E-state index contributed by atoms with van der Waals surface area (Å²) in [5.74, 6) is -0.857. The monoisotopic (exact) mass is 677 g/mol. The van der Waals surface area contributed by atoms with Crippen LogP contribution in [0.25, 0.3) is 0 Å². The third-order valence-electron chi connectivity index (χ3n) is 7.05. The Labute approximate surface area is 277 Å². The van der Waals surface area contributed by atoms with Crippen molar-refractivity contribution in [2.75, 3.05) is 37.5 Å². The van der Waals surface area contributed by atoms with Gasteiger partial charge in [0.15, 0.2) is 11.5 Å². The number of nitrogens with one attached hydrogen (secondary N) is 3. The molecule has 0 atom stereocenters. The molecule has 3 aromatic carbocycles. The number of ether oxygens (including phenoxy) is 3. The molecule has 0 aliphatic carbocycles. The third-order valence-corrected chi connectivity index (χ3v) is 8.82. The number of carbonyl (C=O) groups is 3. The molecule has 0 aliphatic heterocycles. The zero-order valence-electron chi connectivity index (χ0n) is 26.9. The van der Waals surface area contributed by atoms with Gasteiger partial charge in [0.2, 0.25) is 0 Å². The van der Waals surface area contributed by atoms with Gasteiger partial charge in [-0.1, -0.05) is 6.07 Å². The largest absolute Gasteiger partial charge is 0.497 e. The predicted molar refractivity (Wildman–Crippen MR) is 178 cm³/mol. The number of anilines is 2. The van der Waals surface area contributed by atoms with E-state index in [9.17, 15) is 22.8 Å². The van der Waals surface area contributed by atoms with E-state index >= 15 is 0 Å². The quantitative estimate of drug-likeness (QED) is 0.109. The number of aryl methyl sites for hydroxylation is 2. The summed E-state index contributed by atoms with van der Waals surface area (Å²) in [6.45, 7) is 3.14. The Morgan fingerprint density at radius 2 is 1.56 bits per heavy atom. The number of rotatable bonds is 13. The summed E-state index contributed by atoms with van der Waals surface area (Å²) in [6.07, 6.45) is 1.20. The zero-order chi connectivity index (χ0) is 34.8. The Bertz CT molecular complexity index is 1920. The Kier molecular flexibility index (Phi) is 11.4. The molecule has 0 radical (unpaired) electrons. The highest BCUT2D eigenvalue weighted by atomic mass is 32.2. The SMILES string of the molecule is COc1ccc(N(CC(=O)N/N=C\c2ccc(CNC(=O)C(=O)Nc3ccc(C)c(C)c3)o2)S(=O)(=O)c2ccc(OC)c(OC)c2)cc1. The number of furan rings is 1. The second-order valence-electron chi connectivity index (χ2n) is 10.3. The Balaban J connectivity index is 1.39. The molecule has 0 saturated carbocycles. The number of hydrogen-bond donors (Lipinski definition) is 3.